The highest BCUT2D eigenvalue weighted by atomic mass is 35.5. The highest BCUT2D eigenvalue weighted by Crippen LogP contribution is 2.17. The monoisotopic (exact) mass is 270 g/mol. The Morgan fingerprint density at radius 2 is 1.84 bits per heavy atom. The molecule has 0 bridgehead atoms. The summed E-state index contributed by atoms with van der Waals surface area (Å²) in [5.41, 5.74) is 4.11. The van der Waals surface area contributed by atoms with Crippen molar-refractivity contribution in [1.29, 1.82) is 5.26 Å². The Morgan fingerprint density at radius 1 is 1.11 bits per heavy atom. The van der Waals surface area contributed by atoms with Crippen LogP contribution in [0, 0.1) is 18.3 Å². The zero-order valence-electron chi connectivity index (χ0n) is 10.8. The van der Waals surface area contributed by atoms with Crippen LogP contribution in [0.1, 0.15) is 22.3 Å². The first-order chi connectivity index (χ1) is 9.19. The quantitative estimate of drug-likeness (QED) is 0.917. The second-order valence-electron chi connectivity index (χ2n) is 4.51. The van der Waals surface area contributed by atoms with Gasteiger partial charge in [-0.25, -0.2) is 0 Å². The molecule has 19 heavy (non-hydrogen) atoms. The normalized spacial score (nSPS) is 10.2. The summed E-state index contributed by atoms with van der Waals surface area (Å²) in [6, 6.07) is 15.9. The minimum atomic E-state index is 0.590. The van der Waals surface area contributed by atoms with E-state index in [0.717, 1.165) is 12.1 Å². The van der Waals surface area contributed by atoms with E-state index in [9.17, 15) is 0 Å². The van der Waals surface area contributed by atoms with Crippen LogP contribution in [0.2, 0.25) is 5.02 Å². The van der Waals surface area contributed by atoms with Gasteiger partial charge in [-0.05, 0) is 30.2 Å². The van der Waals surface area contributed by atoms with Crippen molar-refractivity contribution in [3.63, 3.8) is 0 Å². The number of nitrogens with one attached hydrogen (secondary N) is 1. The van der Waals surface area contributed by atoms with Crippen molar-refractivity contribution in [2.24, 2.45) is 0 Å². The van der Waals surface area contributed by atoms with Gasteiger partial charge < -0.3 is 5.32 Å². The Labute approximate surface area is 118 Å². The summed E-state index contributed by atoms with van der Waals surface area (Å²) in [4.78, 5) is 0. The molecule has 0 aromatic heterocycles. The van der Waals surface area contributed by atoms with Crippen LogP contribution in [0.4, 0.5) is 0 Å². The van der Waals surface area contributed by atoms with Gasteiger partial charge in [0.1, 0.15) is 0 Å². The number of hydrogen-bond acceptors (Lipinski definition) is 2. The lowest BCUT2D eigenvalue weighted by Crippen LogP contribution is -2.13. The van der Waals surface area contributed by atoms with E-state index in [4.69, 9.17) is 16.9 Å². The number of rotatable bonds is 4. The molecule has 0 aliphatic carbocycles. The molecule has 0 spiro atoms. The van der Waals surface area contributed by atoms with Gasteiger partial charge in [-0.1, -0.05) is 47.5 Å². The van der Waals surface area contributed by atoms with E-state index in [1.165, 1.54) is 11.1 Å². The molecule has 3 heteroatoms. The summed E-state index contributed by atoms with van der Waals surface area (Å²) in [7, 11) is 0. The van der Waals surface area contributed by atoms with Gasteiger partial charge in [-0.3, -0.25) is 0 Å². The van der Waals surface area contributed by atoms with E-state index in [1.807, 2.05) is 6.07 Å². The first-order valence-electron chi connectivity index (χ1n) is 6.14. The van der Waals surface area contributed by atoms with E-state index in [0.29, 0.717) is 17.1 Å². The molecule has 0 aliphatic heterocycles. The lowest BCUT2D eigenvalue weighted by atomic mass is 10.1. The van der Waals surface area contributed by atoms with Gasteiger partial charge >= 0.3 is 0 Å². The standard InChI is InChI=1S/C16H15ClN2/c1-12-2-4-13(5-3-12)10-19-11-15-7-6-14(9-18)8-16(15)17/h2-8,19H,10-11H2,1H3. The Balaban J connectivity index is 1.92. The van der Waals surface area contributed by atoms with Crippen LogP contribution in [0.25, 0.3) is 0 Å². The number of nitriles is 1. The Kier molecular flexibility index (Phi) is 4.57. The molecule has 96 valence electrons. The van der Waals surface area contributed by atoms with Crippen molar-refractivity contribution in [3.05, 3.63) is 69.7 Å². The summed E-state index contributed by atoms with van der Waals surface area (Å²) in [5.74, 6) is 0. The molecule has 0 saturated carbocycles. The van der Waals surface area contributed by atoms with Gasteiger partial charge in [0, 0.05) is 18.1 Å². The maximum Gasteiger partial charge on any atom is 0.0992 e. The minimum Gasteiger partial charge on any atom is -0.309 e. The largest absolute Gasteiger partial charge is 0.309 e. The lowest BCUT2D eigenvalue weighted by molar-refractivity contribution is 0.693. The zero-order chi connectivity index (χ0) is 13.7. The van der Waals surface area contributed by atoms with E-state index < -0.39 is 0 Å². The molecular formula is C16H15ClN2. The summed E-state index contributed by atoms with van der Waals surface area (Å²) in [6.45, 7) is 3.57. The summed E-state index contributed by atoms with van der Waals surface area (Å²) < 4.78 is 0. The number of nitrogens with zero attached hydrogens (tertiary/aromatic N) is 1. The van der Waals surface area contributed by atoms with Crippen LogP contribution >= 0.6 is 11.6 Å². The van der Waals surface area contributed by atoms with E-state index in [1.54, 1.807) is 12.1 Å². The van der Waals surface area contributed by atoms with Gasteiger partial charge in [0.15, 0.2) is 0 Å². The third-order valence-corrected chi connectivity index (χ3v) is 3.30. The van der Waals surface area contributed by atoms with E-state index in [-0.39, 0.29) is 0 Å². The second kappa shape index (κ2) is 6.38. The van der Waals surface area contributed by atoms with E-state index >= 15 is 0 Å². The molecule has 0 saturated heterocycles. The molecule has 0 amide bonds. The fraction of sp³-hybridized carbons (Fsp3) is 0.188. The van der Waals surface area contributed by atoms with E-state index in [2.05, 4.69) is 42.6 Å². The molecule has 2 aromatic carbocycles. The molecule has 2 nitrogen and oxygen atoms in total. The third kappa shape index (κ3) is 3.82. The predicted molar refractivity (Wildman–Crippen MR) is 77.9 cm³/mol. The number of hydrogen-bond donors (Lipinski definition) is 1. The van der Waals surface area contributed by atoms with Crippen molar-refractivity contribution >= 4 is 11.6 Å². The SMILES string of the molecule is Cc1ccc(CNCc2ccc(C#N)cc2Cl)cc1. The van der Waals surface area contributed by atoms with Crippen LogP contribution < -0.4 is 5.32 Å². The minimum absolute atomic E-state index is 0.590. The van der Waals surface area contributed by atoms with Gasteiger partial charge in [0.05, 0.1) is 11.6 Å². The van der Waals surface area contributed by atoms with Gasteiger partial charge in [-0.15, -0.1) is 0 Å². The Morgan fingerprint density at radius 3 is 2.47 bits per heavy atom. The molecule has 0 radical (unpaired) electrons. The highest BCUT2D eigenvalue weighted by Gasteiger charge is 2.01. The van der Waals surface area contributed by atoms with Crippen LogP contribution in [0.5, 0.6) is 0 Å². The molecular weight excluding hydrogens is 256 g/mol. The predicted octanol–water partition coefficient (Wildman–Crippen LogP) is 3.81. The van der Waals surface area contributed by atoms with Crippen LogP contribution in [-0.2, 0) is 13.1 Å². The maximum absolute atomic E-state index is 8.78. The molecule has 2 aromatic rings. The highest BCUT2D eigenvalue weighted by molar-refractivity contribution is 6.31. The van der Waals surface area contributed by atoms with Crippen molar-refractivity contribution in [2.45, 2.75) is 20.0 Å². The van der Waals surface area contributed by atoms with Crippen LogP contribution in [0.15, 0.2) is 42.5 Å². The van der Waals surface area contributed by atoms with Crippen molar-refractivity contribution in [3.8, 4) is 6.07 Å². The fourth-order valence-electron chi connectivity index (χ4n) is 1.81. The summed E-state index contributed by atoms with van der Waals surface area (Å²) >= 11 is 6.12. The number of aryl methyl sites for hydroxylation is 1. The smallest absolute Gasteiger partial charge is 0.0992 e. The first-order valence-corrected chi connectivity index (χ1v) is 6.51. The molecule has 0 atom stereocenters. The maximum atomic E-state index is 8.78. The van der Waals surface area contributed by atoms with Crippen molar-refractivity contribution in [2.75, 3.05) is 0 Å². The van der Waals surface area contributed by atoms with Crippen molar-refractivity contribution < 1.29 is 0 Å². The number of benzene rings is 2. The topological polar surface area (TPSA) is 35.8 Å². The second-order valence-corrected chi connectivity index (χ2v) is 4.91. The molecule has 0 fully saturated rings. The zero-order valence-corrected chi connectivity index (χ0v) is 11.5. The average Bonchev–Trinajstić information content (AvgIpc) is 2.42. The van der Waals surface area contributed by atoms with Gasteiger partial charge in [0.2, 0.25) is 0 Å². The Hall–Kier alpha value is -1.82. The average molecular weight is 271 g/mol. The first kappa shape index (κ1) is 13.6. The van der Waals surface area contributed by atoms with Crippen molar-refractivity contribution in [1.82, 2.24) is 5.32 Å². The van der Waals surface area contributed by atoms with Crippen LogP contribution in [0.3, 0.4) is 0 Å². The molecule has 0 heterocycles. The fourth-order valence-corrected chi connectivity index (χ4v) is 2.06. The van der Waals surface area contributed by atoms with Gasteiger partial charge in [-0.2, -0.15) is 5.26 Å². The third-order valence-electron chi connectivity index (χ3n) is 2.95. The number of halogens is 1. The van der Waals surface area contributed by atoms with Gasteiger partial charge in [0.25, 0.3) is 0 Å². The summed E-state index contributed by atoms with van der Waals surface area (Å²) in [6.07, 6.45) is 0. The molecule has 0 unspecified atom stereocenters. The molecule has 1 N–H and O–H groups in total. The molecule has 2 rings (SSSR count). The molecule has 0 aliphatic rings. The Bertz CT molecular complexity index is 597. The van der Waals surface area contributed by atoms with Crippen LogP contribution in [-0.4, -0.2) is 0 Å². The lowest BCUT2D eigenvalue weighted by Gasteiger charge is -2.07. The summed E-state index contributed by atoms with van der Waals surface area (Å²) in [5, 5.41) is 12.8.